The van der Waals surface area contributed by atoms with Gasteiger partial charge >= 0.3 is 0 Å². The molecule has 0 bridgehead atoms. The number of hydrogen-bond donors (Lipinski definition) is 2. The lowest BCUT2D eigenvalue weighted by Gasteiger charge is -2.36. The number of hydrogen-bond acceptors (Lipinski definition) is 3. The minimum atomic E-state index is 0.289. The van der Waals surface area contributed by atoms with Gasteiger partial charge in [-0.2, -0.15) is 11.8 Å². The minimum Gasteiger partial charge on any atom is -0.355 e. The molecule has 5 heteroatoms. The van der Waals surface area contributed by atoms with E-state index < -0.39 is 0 Å². The molecule has 1 saturated heterocycles. The first-order valence-corrected chi connectivity index (χ1v) is 7.95. The van der Waals surface area contributed by atoms with E-state index in [1.54, 1.807) is 0 Å². The first-order chi connectivity index (χ1) is 8.57. The van der Waals surface area contributed by atoms with Crippen molar-refractivity contribution in [3.8, 4) is 0 Å². The number of thioether (sulfide) groups is 1. The van der Waals surface area contributed by atoms with Crippen molar-refractivity contribution in [1.82, 2.24) is 15.5 Å². The number of aliphatic imine (C=N–C) groups is 1. The fourth-order valence-electron chi connectivity index (χ4n) is 2.39. The Balaban J connectivity index is 1.84. The Morgan fingerprint density at radius 3 is 2.67 bits per heavy atom. The van der Waals surface area contributed by atoms with Crippen LogP contribution in [0, 0.1) is 5.92 Å². The van der Waals surface area contributed by atoms with Gasteiger partial charge in [0.05, 0.1) is 0 Å². The maximum atomic E-state index is 4.32. The van der Waals surface area contributed by atoms with Crippen LogP contribution in [0.25, 0.3) is 0 Å². The average Bonchev–Trinajstić information content (AvgIpc) is 2.84. The zero-order valence-corrected chi connectivity index (χ0v) is 12.8. The van der Waals surface area contributed by atoms with Gasteiger partial charge in [-0.25, -0.2) is 0 Å². The molecule has 0 radical (unpaired) electrons. The second-order valence-electron chi connectivity index (χ2n) is 5.81. The third-order valence-corrected chi connectivity index (χ3v) is 5.51. The second kappa shape index (κ2) is 5.70. The lowest BCUT2D eigenvalue weighted by molar-refractivity contribution is 0.183. The summed E-state index contributed by atoms with van der Waals surface area (Å²) in [7, 11) is 6.23. The fraction of sp³-hybridized carbons (Fsp3) is 0.923. The number of rotatable bonds is 4. The Morgan fingerprint density at radius 1 is 1.50 bits per heavy atom. The molecule has 2 N–H and O–H groups in total. The molecular formula is C13H26N4S. The van der Waals surface area contributed by atoms with E-state index in [-0.39, 0.29) is 5.54 Å². The van der Waals surface area contributed by atoms with Gasteiger partial charge in [-0.15, -0.1) is 0 Å². The van der Waals surface area contributed by atoms with Crippen LogP contribution in [0.5, 0.6) is 0 Å². The van der Waals surface area contributed by atoms with Gasteiger partial charge in [0.15, 0.2) is 5.96 Å². The summed E-state index contributed by atoms with van der Waals surface area (Å²) in [5.41, 5.74) is 0.289. The van der Waals surface area contributed by atoms with E-state index in [1.165, 1.54) is 24.3 Å². The lowest BCUT2D eigenvalue weighted by atomic mass is 9.97. The van der Waals surface area contributed by atoms with Crippen molar-refractivity contribution < 1.29 is 0 Å². The third-order valence-electron chi connectivity index (χ3n) is 4.27. The van der Waals surface area contributed by atoms with Crippen molar-refractivity contribution in [3.05, 3.63) is 0 Å². The van der Waals surface area contributed by atoms with Crippen molar-refractivity contribution in [2.75, 3.05) is 39.2 Å². The Hall–Kier alpha value is -0.420. The monoisotopic (exact) mass is 270 g/mol. The Morgan fingerprint density at radius 2 is 2.22 bits per heavy atom. The quantitative estimate of drug-likeness (QED) is 0.590. The molecule has 1 heterocycles. The molecule has 2 fully saturated rings. The molecule has 2 rings (SSSR count). The standard InChI is InChI=1S/C13H26N4S/c1-10-7-11(10)16-12(14-2)15-8-13(17(3)4)5-6-18-9-13/h10-11H,5-9H2,1-4H3,(H2,14,15,16). The van der Waals surface area contributed by atoms with Gasteiger partial charge in [0.25, 0.3) is 0 Å². The lowest BCUT2D eigenvalue weighted by Crippen LogP contribution is -2.55. The van der Waals surface area contributed by atoms with Gasteiger partial charge in [0, 0.05) is 30.9 Å². The average molecular weight is 270 g/mol. The summed E-state index contributed by atoms with van der Waals surface area (Å²) >= 11 is 2.05. The minimum absolute atomic E-state index is 0.289. The Labute approximate surface area is 115 Å². The molecule has 1 aliphatic carbocycles. The number of nitrogens with one attached hydrogen (secondary N) is 2. The number of nitrogens with zero attached hydrogens (tertiary/aromatic N) is 2. The molecule has 1 aliphatic heterocycles. The van der Waals surface area contributed by atoms with E-state index >= 15 is 0 Å². The maximum Gasteiger partial charge on any atom is 0.191 e. The van der Waals surface area contributed by atoms with Gasteiger partial charge in [0.1, 0.15) is 0 Å². The van der Waals surface area contributed by atoms with E-state index in [4.69, 9.17) is 0 Å². The molecule has 3 atom stereocenters. The highest BCUT2D eigenvalue weighted by molar-refractivity contribution is 7.99. The van der Waals surface area contributed by atoms with E-state index in [2.05, 4.69) is 53.3 Å². The predicted octanol–water partition coefficient (Wildman–Crippen LogP) is 0.997. The largest absolute Gasteiger partial charge is 0.355 e. The Bertz CT molecular complexity index is 310. The topological polar surface area (TPSA) is 39.7 Å². The summed E-state index contributed by atoms with van der Waals surface area (Å²) in [5.74, 6) is 4.24. The van der Waals surface area contributed by atoms with Gasteiger partial charge < -0.3 is 15.5 Å². The highest BCUT2D eigenvalue weighted by Crippen LogP contribution is 2.31. The Kier molecular flexibility index (Phi) is 4.43. The van der Waals surface area contributed by atoms with E-state index in [0.29, 0.717) is 6.04 Å². The zero-order chi connectivity index (χ0) is 13.2. The van der Waals surface area contributed by atoms with Crippen molar-refractivity contribution >= 4 is 17.7 Å². The molecule has 0 aromatic carbocycles. The molecule has 1 saturated carbocycles. The maximum absolute atomic E-state index is 4.32. The summed E-state index contributed by atoms with van der Waals surface area (Å²) in [5, 5.41) is 6.99. The predicted molar refractivity (Wildman–Crippen MR) is 80.4 cm³/mol. The molecular weight excluding hydrogens is 244 g/mol. The van der Waals surface area contributed by atoms with E-state index in [0.717, 1.165) is 18.4 Å². The fourth-order valence-corrected chi connectivity index (χ4v) is 3.94. The van der Waals surface area contributed by atoms with Gasteiger partial charge in [-0.1, -0.05) is 6.92 Å². The van der Waals surface area contributed by atoms with Crippen LogP contribution in [-0.2, 0) is 0 Å². The molecule has 18 heavy (non-hydrogen) atoms. The first-order valence-electron chi connectivity index (χ1n) is 6.80. The van der Waals surface area contributed by atoms with Gasteiger partial charge in [-0.3, -0.25) is 4.99 Å². The SMILES string of the molecule is CN=C(NCC1(N(C)C)CCSC1)NC1CC1C. The molecule has 0 amide bonds. The normalized spacial score (nSPS) is 35.9. The van der Waals surface area contributed by atoms with Crippen molar-refractivity contribution in [2.24, 2.45) is 10.9 Å². The van der Waals surface area contributed by atoms with Crippen LogP contribution in [0.4, 0.5) is 0 Å². The summed E-state index contributed by atoms with van der Waals surface area (Å²) in [4.78, 5) is 6.69. The van der Waals surface area contributed by atoms with E-state index in [9.17, 15) is 0 Å². The highest BCUT2D eigenvalue weighted by Gasteiger charge is 2.37. The van der Waals surface area contributed by atoms with Crippen LogP contribution in [0.3, 0.4) is 0 Å². The first kappa shape index (κ1) is 14.0. The summed E-state index contributed by atoms with van der Waals surface area (Å²) < 4.78 is 0. The van der Waals surface area contributed by atoms with Crippen LogP contribution in [-0.4, -0.2) is 61.6 Å². The summed E-state index contributed by atoms with van der Waals surface area (Å²) in [6.45, 7) is 3.26. The molecule has 0 aromatic rings. The smallest absolute Gasteiger partial charge is 0.191 e. The van der Waals surface area contributed by atoms with Crippen molar-refractivity contribution in [1.29, 1.82) is 0 Å². The van der Waals surface area contributed by atoms with Crippen LogP contribution in [0.1, 0.15) is 19.8 Å². The van der Waals surface area contributed by atoms with Crippen LogP contribution < -0.4 is 10.6 Å². The molecule has 0 spiro atoms. The molecule has 3 unspecified atom stereocenters. The molecule has 0 aromatic heterocycles. The van der Waals surface area contributed by atoms with Crippen molar-refractivity contribution in [3.63, 3.8) is 0 Å². The summed E-state index contributed by atoms with van der Waals surface area (Å²) in [6, 6.07) is 0.629. The van der Waals surface area contributed by atoms with Gasteiger partial charge in [0.2, 0.25) is 0 Å². The van der Waals surface area contributed by atoms with Crippen LogP contribution >= 0.6 is 11.8 Å². The molecule has 4 nitrogen and oxygen atoms in total. The number of guanidine groups is 1. The van der Waals surface area contributed by atoms with E-state index in [1.807, 2.05) is 7.05 Å². The molecule has 2 aliphatic rings. The molecule has 104 valence electrons. The number of likely N-dealkylation sites (N-methyl/N-ethyl adjacent to an activating group) is 1. The third kappa shape index (κ3) is 3.12. The highest BCUT2D eigenvalue weighted by atomic mass is 32.2. The van der Waals surface area contributed by atoms with Gasteiger partial charge in [-0.05, 0) is 38.6 Å². The second-order valence-corrected chi connectivity index (χ2v) is 6.92. The zero-order valence-electron chi connectivity index (χ0n) is 12.0. The van der Waals surface area contributed by atoms with Crippen molar-refractivity contribution in [2.45, 2.75) is 31.3 Å². The summed E-state index contributed by atoms with van der Waals surface area (Å²) in [6.07, 6.45) is 2.53. The van der Waals surface area contributed by atoms with Crippen LogP contribution in [0.2, 0.25) is 0 Å². The van der Waals surface area contributed by atoms with Crippen LogP contribution in [0.15, 0.2) is 4.99 Å².